The molecule has 1 heterocycles. The summed E-state index contributed by atoms with van der Waals surface area (Å²) in [5.41, 5.74) is 0. The van der Waals surface area contributed by atoms with Gasteiger partial charge in [-0.25, -0.2) is 0 Å². The number of aromatic nitrogens is 3. The molecule has 5 nitrogen and oxygen atoms in total. The summed E-state index contributed by atoms with van der Waals surface area (Å²) < 4.78 is 1.95. The molecule has 0 amide bonds. The fraction of sp³-hybridized carbons (Fsp3) is 0.571. The molecular formula is C7H9N3O2S. The lowest BCUT2D eigenvalue weighted by molar-refractivity contribution is -0.133. The van der Waals surface area contributed by atoms with Gasteiger partial charge >= 0.3 is 5.97 Å². The lowest BCUT2D eigenvalue weighted by atomic mass is 10.7. The summed E-state index contributed by atoms with van der Waals surface area (Å²) in [6.07, 6.45) is 3.97. The van der Waals surface area contributed by atoms with Gasteiger partial charge in [-0.1, -0.05) is 11.8 Å². The first-order valence-electron chi connectivity index (χ1n) is 4.01. The van der Waals surface area contributed by atoms with Gasteiger partial charge in [-0.15, -0.1) is 10.2 Å². The third-order valence-electron chi connectivity index (χ3n) is 1.81. The highest BCUT2D eigenvalue weighted by Gasteiger charge is 2.26. The van der Waals surface area contributed by atoms with E-state index in [2.05, 4.69) is 10.2 Å². The average Bonchev–Trinajstić information content (AvgIpc) is 2.82. The Morgan fingerprint density at radius 3 is 3.15 bits per heavy atom. The van der Waals surface area contributed by atoms with E-state index in [0.29, 0.717) is 11.2 Å². The quantitative estimate of drug-likeness (QED) is 0.726. The maximum absolute atomic E-state index is 10.3. The summed E-state index contributed by atoms with van der Waals surface area (Å²) in [6, 6.07) is 0.506. The van der Waals surface area contributed by atoms with Crippen molar-refractivity contribution in [3.05, 3.63) is 6.33 Å². The normalized spacial score (nSPS) is 16.0. The van der Waals surface area contributed by atoms with Gasteiger partial charge in [0.25, 0.3) is 0 Å². The van der Waals surface area contributed by atoms with E-state index in [-0.39, 0.29) is 5.75 Å². The van der Waals surface area contributed by atoms with E-state index in [9.17, 15) is 4.79 Å². The number of nitrogens with zero attached hydrogens (tertiary/aromatic N) is 3. The van der Waals surface area contributed by atoms with E-state index in [1.807, 2.05) is 4.57 Å². The van der Waals surface area contributed by atoms with Crippen LogP contribution in [0.2, 0.25) is 0 Å². The highest BCUT2D eigenvalue weighted by atomic mass is 32.2. The number of aliphatic carboxylic acids is 1. The number of thioether (sulfide) groups is 1. The Balaban J connectivity index is 2.02. The summed E-state index contributed by atoms with van der Waals surface area (Å²) >= 11 is 1.22. The molecule has 1 saturated carbocycles. The van der Waals surface area contributed by atoms with Crippen LogP contribution in [0, 0.1) is 0 Å². The topological polar surface area (TPSA) is 68.0 Å². The molecule has 0 unspecified atom stereocenters. The Kier molecular flexibility index (Phi) is 2.22. The number of carbonyl (C=O) groups is 1. The predicted molar refractivity (Wildman–Crippen MR) is 46.7 cm³/mol. The number of hydrogen-bond donors (Lipinski definition) is 1. The highest BCUT2D eigenvalue weighted by Crippen LogP contribution is 2.37. The fourth-order valence-corrected chi connectivity index (χ4v) is 1.77. The Bertz CT molecular complexity index is 321. The maximum atomic E-state index is 10.3. The van der Waals surface area contributed by atoms with Crippen LogP contribution in [0.25, 0.3) is 0 Å². The minimum Gasteiger partial charge on any atom is -0.481 e. The molecule has 6 heteroatoms. The van der Waals surface area contributed by atoms with E-state index in [4.69, 9.17) is 5.11 Å². The molecule has 1 aliphatic carbocycles. The van der Waals surface area contributed by atoms with Crippen molar-refractivity contribution < 1.29 is 9.90 Å². The summed E-state index contributed by atoms with van der Waals surface area (Å²) in [6.45, 7) is 0. The van der Waals surface area contributed by atoms with E-state index in [0.717, 1.165) is 12.8 Å². The first-order valence-corrected chi connectivity index (χ1v) is 5.00. The molecule has 1 N–H and O–H groups in total. The van der Waals surface area contributed by atoms with Crippen molar-refractivity contribution in [2.75, 3.05) is 5.75 Å². The van der Waals surface area contributed by atoms with Gasteiger partial charge in [0.05, 0.1) is 5.75 Å². The molecule has 0 radical (unpaired) electrons. The van der Waals surface area contributed by atoms with Gasteiger partial charge in [-0.3, -0.25) is 4.79 Å². The summed E-state index contributed by atoms with van der Waals surface area (Å²) in [4.78, 5) is 10.3. The van der Waals surface area contributed by atoms with Gasteiger partial charge < -0.3 is 9.67 Å². The summed E-state index contributed by atoms with van der Waals surface area (Å²) in [5.74, 6) is -0.777. The van der Waals surface area contributed by atoms with Crippen molar-refractivity contribution in [2.45, 2.75) is 24.0 Å². The third kappa shape index (κ3) is 2.00. The third-order valence-corrected chi connectivity index (χ3v) is 2.75. The summed E-state index contributed by atoms with van der Waals surface area (Å²) in [7, 11) is 0. The van der Waals surface area contributed by atoms with Crippen LogP contribution in [-0.4, -0.2) is 31.6 Å². The minimum atomic E-state index is -0.824. The SMILES string of the molecule is O=C(O)CSc1nncn1C1CC1. The highest BCUT2D eigenvalue weighted by molar-refractivity contribution is 7.99. The first-order chi connectivity index (χ1) is 6.27. The lowest BCUT2D eigenvalue weighted by Crippen LogP contribution is -2.01. The van der Waals surface area contributed by atoms with Crippen LogP contribution in [0.3, 0.4) is 0 Å². The molecule has 0 spiro atoms. The number of carboxylic acid groups (broad SMARTS) is 1. The zero-order chi connectivity index (χ0) is 9.26. The molecule has 0 bridgehead atoms. The van der Waals surface area contributed by atoms with Crippen LogP contribution in [0.4, 0.5) is 0 Å². The predicted octanol–water partition coefficient (Wildman–Crippen LogP) is 0.790. The van der Waals surface area contributed by atoms with Gasteiger partial charge in [0.2, 0.25) is 0 Å². The van der Waals surface area contributed by atoms with Gasteiger partial charge in [0.15, 0.2) is 5.16 Å². The largest absolute Gasteiger partial charge is 0.481 e. The van der Waals surface area contributed by atoms with Gasteiger partial charge in [0, 0.05) is 6.04 Å². The molecular weight excluding hydrogens is 190 g/mol. The van der Waals surface area contributed by atoms with E-state index in [1.165, 1.54) is 11.8 Å². The molecule has 70 valence electrons. The monoisotopic (exact) mass is 199 g/mol. The van der Waals surface area contributed by atoms with Crippen LogP contribution >= 0.6 is 11.8 Å². The number of rotatable bonds is 4. The molecule has 1 aliphatic rings. The number of carboxylic acids is 1. The van der Waals surface area contributed by atoms with E-state index >= 15 is 0 Å². The molecule has 1 aromatic heterocycles. The smallest absolute Gasteiger partial charge is 0.313 e. The molecule has 0 aromatic carbocycles. The Hall–Kier alpha value is -1.04. The van der Waals surface area contributed by atoms with Crippen molar-refractivity contribution in [3.63, 3.8) is 0 Å². The van der Waals surface area contributed by atoms with Crippen LogP contribution in [0.1, 0.15) is 18.9 Å². The van der Waals surface area contributed by atoms with E-state index < -0.39 is 5.97 Å². The van der Waals surface area contributed by atoms with Crippen molar-refractivity contribution >= 4 is 17.7 Å². The molecule has 0 saturated heterocycles. The van der Waals surface area contributed by atoms with Gasteiger partial charge in [-0.2, -0.15) is 0 Å². The van der Waals surface area contributed by atoms with Crippen molar-refractivity contribution in [1.29, 1.82) is 0 Å². The molecule has 1 aromatic rings. The standard InChI is InChI=1S/C7H9N3O2S/c11-6(12)3-13-7-9-8-4-10(7)5-1-2-5/h4-5H,1-3H2,(H,11,12). The molecule has 1 fully saturated rings. The molecule has 0 atom stereocenters. The second-order valence-electron chi connectivity index (χ2n) is 2.93. The molecule has 0 aliphatic heterocycles. The lowest BCUT2D eigenvalue weighted by Gasteiger charge is -2.00. The van der Waals surface area contributed by atoms with E-state index in [1.54, 1.807) is 6.33 Å². The van der Waals surface area contributed by atoms with Gasteiger partial charge in [0.1, 0.15) is 6.33 Å². The van der Waals surface area contributed by atoms with Gasteiger partial charge in [-0.05, 0) is 12.8 Å². The fourth-order valence-electron chi connectivity index (χ4n) is 1.06. The Morgan fingerprint density at radius 2 is 2.54 bits per heavy atom. The zero-order valence-electron chi connectivity index (χ0n) is 6.88. The molecule has 13 heavy (non-hydrogen) atoms. The zero-order valence-corrected chi connectivity index (χ0v) is 7.70. The first kappa shape index (κ1) is 8.55. The van der Waals surface area contributed by atoms with Crippen LogP contribution < -0.4 is 0 Å². The van der Waals surface area contributed by atoms with Crippen molar-refractivity contribution in [2.24, 2.45) is 0 Å². The van der Waals surface area contributed by atoms with Crippen LogP contribution in [0.15, 0.2) is 11.5 Å². The second kappa shape index (κ2) is 3.37. The average molecular weight is 199 g/mol. The summed E-state index contributed by atoms with van der Waals surface area (Å²) in [5, 5.41) is 16.8. The van der Waals surface area contributed by atoms with Crippen LogP contribution in [0.5, 0.6) is 0 Å². The number of hydrogen-bond acceptors (Lipinski definition) is 4. The molecule has 2 rings (SSSR count). The second-order valence-corrected chi connectivity index (χ2v) is 3.88. The van der Waals surface area contributed by atoms with Crippen molar-refractivity contribution in [1.82, 2.24) is 14.8 Å². The van der Waals surface area contributed by atoms with Crippen LogP contribution in [-0.2, 0) is 4.79 Å². The Morgan fingerprint density at radius 1 is 1.77 bits per heavy atom. The maximum Gasteiger partial charge on any atom is 0.313 e. The minimum absolute atomic E-state index is 0.0470. The van der Waals surface area contributed by atoms with Crippen molar-refractivity contribution in [3.8, 4) is 0 Å². The Labute approximate surface area is 79.2 Å².